The lowest BCUT2D eigenvalue weighted by molar-refractivity contribution is -0.135. The van der Waals surface area contributed by atoms with Gasteiger partial charge in [0.2, 0.25) is 5.91 Å². The third-order valence-electron chi connectivity index (χ3n) is 5.55. The van der Waals surface area contributed by atoms with E-state index in [1.165, 1.54) is 4.90 Å². The molecule has 0 atom stereocenters. The highest BCUT2D eigenvalue weighted by Crippen LogP contribution is 2.23. The van der Waals surface area contributed by atoms with E-state index in [1.807, 2.05) is 36.1 Å². The average molecular weight is 466 g/mol. The maximum atomic E-state index is 12.6. The minimum Gasteiger partial charge on any atom is -0.497 e. The van der Waals surface area contributed by atoms with E-state index in [0.717, 1.165) is 29.4 Å². The number of imidazole rings is 1. The lowest BCUT2D eigenvalue weighted by Gasteiger charge is -2.38. The molecular formula is C21H28ClN5O3S. The summed E-state index contributed by atoms with van der Waals surface area (Å²) in [5.41, 5.74) is 0.922. The summed E-state index contributed by atoms with van der Waals surface area (Å²) in [5, 5.41) is 3.83. The number of aryl methyl sites for hydroxylation is 1. The number of benzene rings is 1. The molecule has 0 N–H and O–H groups in total. The van der Waals surface area contributed by atoms with Crippen molar-refractivity contribution in [3.05, 3.63) is 42.0 Å². The van der Waals surface area contributed by atoms with Crippen LogP contribution in [0.15, 0.2) is 35.4 Å². The van der Waals surface area contributed by atoms with E-state index in [4.69, 9.17) is 4.74 Å². The van der Waals surface area contributed by atoms with Crippen LogP contribution in [0.25, 0.3) is 0 Å². The summed E-state index contributed by atoms with van der Waals surface area (Å²) in [7, 11) is 1.66. The number of aromatic nitrogens is 2. The normalized spacial score (nSPS) is 16.3. The predicted octanol–water partition coefficient (Wildman–Crippen LogP) is 3.04. The van der Waals surface area contributed by atoms with Crippen molar-refractivity contribution in [2.45, 2.75) is 31.2 Å². The molecule has 31 heavy (non-hydrogen) atoms. The molecule has 1 saturated heterocycles. The molecule has 1 aromatic heterocycles. The van der Waals surface area contributed by atoms with Crippen molar-refractivity contribution < 1.29 is 14.3 Å². The molecule has 0 unspecified atom stereocenters. The van der Waals surface area contributed by atoms with Gasteiger partial charge in [0.05, 0.1) is 25.5 Å². The summed E-state index contributed by atoms with van der Waals surface area (Å²) in [4.78, 5) is 32.5. The number of hydrogen-bond donors (Lipinski definition) is 0. The van der Waals surface area contributed by atoms with Crippen LogP contribution in [0.2, 0.25) is 0 Å². The maximum Gasteiger partial charge on any atom is 0.344 e. The van der Waals surface area contributed by atoms with E-state index in [9.17, 15) is 9.59 Å². The first-order valence-electron chi connectivity index (χ1n) is 10.2. The Kier molecular flexibility index (Phi) is 7.85. The number of rotatable bonds is 7. The molecule has 2 aliphatic rings. The molecule has 4 rings (SSSR count). The van der Waals surface area contributed by atoms with Gasteiger partial charge < -0.3 is 9.64 Å². The molecule has 168 valence electrons. The summed E-state index contributed by atoms with van der Waals surface area (Å²) in [6, 6.07) is 7.94. The van der Waals surface area contributed by atoms with E-state index in [0.29, 0.717) is 39.1 Å². The zero-order chi connectivity index (χ0) is 21.1. The largest absolute Gasteiger partial charge is 0.497 e. The topological polar surface area (TPSA) is 70.9 Å². The number of halogens is 1. The van der Waals surface area contributed by atoms with Crippen LogP contribution in [-0.2, 0) is 11.3 Å². The van der Waals surface area contributed by atoms with Gasteiger partial charge in [-0.3, -0.25) is 9.80 Å². The summed E-state index contributed by atoms with van der Waals surface area (Å²) in [5.74, 6) is 2.68. The zero-order valence-corrected chi connectivity index (χ0v) is 19.5. The number of methoxy groups -OCH3 is 1. The van der Waals surface area contributed by atoms with Crippen LogP contribution in [0.4, 0.5) is 4.79 Å². The fraction of sp³-hybridized carbons (Fsp3) is 0.476. The number of carbonyl (C=O) groups is 2. The monoisotopic (exact) mass is 465 g/mol. The first-order valence-corrected chi connectivity index (χ1v) is 11.2. The molecule has 10 heteroatoms. The second-order valence-electron chi connectivity index (χ2n) is 7.43. The molecule has 0 aliphatic carbocycles. The molecule has 0 bridgehead atoms. The van der Waals surface area contributed by atoms with Gasteiger partial charge in [-0.05, 0) is 43.4 Å². The van der Waals surface area contributed by atoms with E-state index in [2.05, 4.69) is 9.99 Å². The van der Waals surface area contributed by atoms with Crippen LogP contribution in [0.5, 0.6) is 5.75 Å². The minimum atomic E-state index is -0.0460. The van der Waals surface area contributed by atoms with E-state index < -0.39 is 0 Å². The molecule has 3 heterocycles. The van der Waals surface area contributed by atoms with Gasteiger partial charge in [-0.2, -0.15) is 0 Å². The third kappa shape index (κ3) is 5.16. The second kappa shape index (κ2) is 10.4. The number of nitrogens with zero attached hydrogens (tertiary/aromatic N) is 5. The number of fused-ring (bicyclic) bond motifs is 1. The van der Waals surface area contributed by atoms with Gasteiger partial charge in [-0.1, -0.05) is 0 Å². The van der Waals surface area contributed by atoms with Crippen LogP contribution in [0, 0.1) is 6.92 Å². The molecule has 0 saturated carbocycles. The smallest absolute Gasteiger partial charge is 0.344 e. The van der Waals surface area contributed by atoms with Crippen molar-refractivity contribution in [2.75, 3.05) is 39.0 Å². The molecule has 2 aromatic rings. The number of ether oxygens (including phenoxy) is 1. The summed E-state index contributed by atoms with van der Waals surface area (Å²) in [6.07, 6.45) is 3.17. The number of piperazine rings is 1. The Morgan fingerprint density at radius 3 is 2.52 bits per heavy atom. The van der Waals surface area contributed by atoms with Gasteiger partial charge in [0, 0.05) is 37.5 Å². The van der Waals surface area contributed by atoms with Crippen LogP contribution in [-0.4, -0.2) is 75.4 Å². The van der Waals surface area contributed by atoms with E-state index in [1.54, 1.807) is 34.6 Å². The molecule has 8 nitrogen and oxygen atoms in total. The number of thioether (sulfide) groups is 1. The number of hydrogen-bond acceptors (Lipinski definition) is 6. The highest BCUT2D eigenvalue weighted by molar-refractivity contribution is 7.99. The molecule has 1 fully saturated rings. The number of carbonyl (C=O) groups excluding carboxylic acids is 2. The summed E-state index contributed by atoms with van der Waals surface area (Å²) < 4.78 is 6.83. The molecule has 2 aliphatic heterocycles. The van der Waals surface area contributed by atoms with Crippen LogP contribution >= 0.6 is 24.2 Å². The predicted molar refractivity (Wildman–Crippen MR) is 122 cm³/mol. The van der Waals surface area contributed by atoms with Crippen LogP contribution in [0.1, 0.15) is 24.4 Å². The first-order chi connectivity index (χ1) is 14.6. The third-order valence-corrected chi connectivity index (χ3v) is 6.65. The van der Waals surface area contributed by atoms with Gasteiger partial charge in [0.25, 0.3) is 0 Å². The van der Waals surface area contributed by atoms with Crippen molar-refractivity contribution in [1.29, 1.82) is 0 Å². The Bertz CT molecular complexity index is 912. The molecule has 0 radical (unpaired) electrons. The minimum absolute atomic E-state index is 0. The average Bonchev–Trinajstić information content (AvgIpc) is 3.31. The van der Waals surface area contributed by atoms with Crippen molar-refractivity contribution in [1.82, 2.24) is 24.5 Å². The van der Waals surface area contributed by atoms with Gasteiger partial charge in [-0.25, -0.2) is 19.4 Å². The Morgan fingerprint density at radius 2 is 1.87 bits per heavy atom. The second-order valence-corrected chi connectivity index (χ2v) is 8.60. The molecular weight excluding hydrogens is 438 g/mol. The van der Waals surface area contributed by atoms with Gasteiger partial charge in [-0.15, -0.1) is 24.2 Å². The lowest BCUT2D eigenvalue weighted by atomic mass is 10.2. The Labute approximate surface area is 192 Å². The van der Waals surface area contributed by atoms with E-state index >= 15 is 0 Å². The Balaban J connectivity index is 0.00000272. The summed E-state index contributed by atoms with van der Waals surface area (Å²) >= 11 is 1.76. The Hall–Kier alpha value is -2.23. The van der Waals surface area contributed by atoms with Gasteiger partial charge >= 0.3 is 6.03 Å². The number of amides is 2. The van der Waals surface area contributed by atoms with Crippen molar-refractivity contribution in [3.63, 3.8) is 0 Å². The Morgan fingerprint density at radius 1 is 1.16 bits per heavy atom. The SMILES string of the molecule is COc1ccc(SCCCC(=O)N2CCN(N3Cc4cnc(C)n4C3=O)CC2)cc1.Cl. The van der Waals surface area contributed by atoms with Crippen molar-refractivity contribution in [2.24, 2.45) is 0 Å². The van der Waals surface area contributed by atoms with Crippen molar-refractivity contribution >= 4 is 36.1 Å². The molecule has 1 aromatic carbocycles. The highest BCUT2D eigenvalue weighted by atomic mass is 35.5. The first kappa shape index (κ1) is 23.4. The van der Waals surface area contributed by atoms with E-state index in [-0.39, 0.29) is 24.3 Å². The highest BCUT2D eigenvalue weighted by Gasteiger charge is 2.35. The standard InChI is InChI=1S/C21H27N5O3S.ClH/c1-16-22-14-17-15-25(21(28)26(16)17)24-11-9-23(10-12-24)20(27)4-3-13-30-19-7-5-18(29-2)6-8-19;/h5-8,14H,3-4,9-13,15H2,1-2H3;1H. The molecule has 0 spiro atoms. The lowest BCUT2D eigenvalue weighted by Crippen LogP contribution is -2.55. The number of hydrazine groups is 1. The van der Waals surface area contributed by atoms with Crippen LogP contribution < -0.4 is 4.74 Å². The fourth-order valence-corrected chi connectivity index (χ4v) is 4.70. The maximum absolute atomic E-state index is 12.6. The quantitative estimate of drug-likeness (QED) is 0.462. The van der Waals surface area contributed by atoms with Gasteiger partial charge in [0.15, 0.2) is 0 Å². The fourth-order valence-electron chi connectivity index (χ4n) is 3.85. The van der Waals surface area contributed by atoms with Crippen molar-refractivity contribution in [3.8, 4) is 5.75 Å². The summed E-state index contributed by atoms with van der Waals surface area (Å²) in [6.45, 7) is 5.05. The van der Waals surface area contributed by atoms with Gasteiger partial charge in [0.1, 0.15) is 11.6 Å². The zero-order valence-electron chi connectivity index (χ0n) is 17.8. The molecule has 2 amide bonds. The van der Waals surface area contributed by atoms with Crippen LogP contribution in [0.3, 0.4) is 0 Å².